The minimum atomic E-state index is -4.45. The smallest absolute Gasteiger partial charge is 0.417 e. The summed E-state index contributed by atoms with van der Waals surface area (Å²) in [7, 11) is 1.44. The number of rotatable bonds is 4. The van der Waals surface area contributed by atoms with Crippen LogP contribution in [0, 0.1) is 11.7 Å². The SMILES string of the molecule is CN(C(=O)O)[C@@H]1CN(C(=O)C2CCN(c3ccc(C(F)(F)F)cn3)CC2)C[C@H]1c1ccc(F)c(Cl)c1. The molecule has 0 aliphatic carbocycles. The van der Waals surface area contributed by atoms with Crippen LogP contribution in [0.15, 0.2) is 36.5 Å². The summed E-state index contributed by atoms with van der Waals surface area (Å²) in [6, 6.07) is 6.04. The van der Waals surface area contributed by atoms with Gasteiger partial charge >= 0.3 is 12.3 Å². The van der Waals surface area contributed by atoms with E-state index in [0.717, 1.165) is 17.2 Å². The van der Waals surface area contributed by atoms with Crippen LogP contribution in [0.1, 0.15) is 29.9 Å². The third-order valence-corrected chi connectivity index (χ3v) is 7.30. The van der Waals surface area contributed by atoms with Crippen molar-refractivity contribution in [2.75, 3.05) is 38.1 Å². The number of carbonyl (C=O) groups is 2. The first-order chi connectivity index (χ1) is 17.0. The van der Waals surface area contributed by atoms with Crippen molar-refractivity contribution in [2.45, 2.75) is 31.0 Å². The van der Waals surface area contributed by atoms with Crippen LogP contribution in [-0.4, -0.2) is 71.2 Å². The Bertz CT molecular complexity index is 1120. The number of piperidine rings is 1. The standard InChI is InChI=1S/C24H25ClF4N4O3/c1-31(23(35)36)20-13-33(12-17(20)15-2-4-19(26)18(25)10-15)22(34)14-6-8-32(9-7-14)21-5-3-16(11-30-21)24(27,28)29/h2-5,10-11,14,17,20H,6-9,12-13H2,1H3,(H,35,36)/t17-,20+/m0/s1. The lowest BCUT2D eigenvalue weighted by atomic mass is 9.93. The Hall–Kier alpha value is -3.08. The number of alkyl halides is 3. The lowest BCUT2D eigenvalue weighted by molar-refractivity contribution is -0.138. The zero-order valence-electron chi connectivity index (χ0n) is 19.4. The molecule has 0 spiro atoms. The van der Waals surface area contributed by atoms with E-state index >= 15 is 0 Å². The van der Waals surface area contributed by atoms with Crippen LogP contribution in [0.25, 0.3) is 0 Å². The predicted octanol–water partition coefficient (Wildman–Crippen LogP) is 4.71. The van der Waals surface area contributed by atoms with Gasteiger partial charge < -0.3 is 19.8 Å². The molecule has 2 aliphatic heterocycles. The van der Waals surface area contributed by atoms with Gasteiger partial charge in [-0.05, 0) is 42.7 Å². The average Bonchev–Trinajstić information content (AvgIpc) is 3.30. The molecule has 3 heterocycles. The highest BCUT2D eigenvalue weighted by Crippen LogP contribution is 2.35. The molecule has 0 saturated carbocycles. The normalized spacial score (nSPS) is 21.1. The first-order valence-corrected chi connectivity index (χ1v) is 11.8. The number of aromatic nitrogens is 1. The Labute approximate surface area is 210 Å². The molecular weight excluding hydrogens is 504 g/mol. The van der Waals surface area contributed by atoms with E-state index in [9.17, 15) is 32.3 Å². The second kappa shape index (κ2) is 10.1. The maximum absolute atomic E-state index is 13.7. The minimum absolute atomic E-state index is 0.0711. The number of hydrogen-bond acceptors (Lipinski definition) is 4. The molecule has 2 amide bonds. The van der Waals surface area contributed by atoms with Gasteiger partial charge in [-0.15, -0.1) is 0 Å². The Morgan fingerprint density at radius 3 is 2.39 bits per heavy atom. The quantitative estimate of drug-likeness (QED) is 0.581. The van der Waals surface area contributed by atoms with Gasteiger partial charge in [0.1, 0.15) is 11.6 Å². The van der Waals surface area contributed by atoms with Gasteiger partial charge in [-0.1, -0.05) is 17.7 Å². The highest BCUT2D eigenvalue weighted by Gasteiger charge is 2.42. The summed E-state index contributed by atoms with van der Waals surface area (Å²) in [5.74, 6) is -0.934. The zero-order valence-corrected chi connectivity index (χ0v) is 20.1. The van der Waals surface area contributed by atoms with E-state index in [4.69, 9.17) is 11.6 Å². The molecular formula is C24H25ClF4N4O3. The molecule has 2 aliphatic rings. The molecule has 1 N–H and O–H groups in total. The Morgan fingerprint density at radius 1 is 1.14 bits per heavy atom. The molecule has 4 rings (SSSR count). The van der Waals surface area contributed by atoms with Gasteiger partial charge in [0.05, 0.1) is 16.6 Å². The van der Waals surface area contributed by atoms with Crippen molar-refractivity contribution in [3.8, 4) is 0 Å². The number of pyridine rings is 1. The van der Waals surface area contributed by atoms with Crippen LogP contribution in [0.4, 0.5) is 28.2 Å². The summed E-state index contributed by atoms with van der Waals surface area (Å²) < 4.78 is 52.1. The molecule has 2 saturated heterocycles. The lowest BCUT2D eigenvalue weighted by Crippen LogP contribution is -2.44. The summed E-state index contributed by atoms with van der Waals surface area (Å²) in [5, 5.41) is 9.47. The number of hydrogen-bond donors (Lipinski definition) is 1. The largest absolute Gasteiger partial charge is 0.465 e. The van der Waals surface area contributed by atoms with Crippen molar-refractivity contribution < 1.29 is 32.3 Å². The molecule has 2 fully saturated rings. The van der Waals surface area contributed by atoms with E-state index in [1.165, 1.54) is 25.2 Å². The summed E-state index contributed by atoms with van der Waals surface area (Å²) in [6.07, 6.45) is -3.80. The zero-order chi connectivity index (χ0) is 26.2. The van der Waals surface area contributed by atoms with E-state index < -0.39 is 29.7 Å². The van der Waals surface area contributed by atoms with Crippen molar-refractivity contribution in [2.24, 2.45) is 5.92 Å². The number of carboxylic acid groups (broad SMARTS) is 1. The Morgan fingerprint density at radius 2 is 1.83 bits per heavy atom. The molecule has 0 bridgehead atoms. The summed E-state index contributed by atoms with van der Waals surface area (Å²) in [5.41, 5.74) is -0.166. The molecule has 2 aromatic rings. The van der Waals surface area contributed by atoms with E-state index in [1.54, 1.807) is 11.0 Å². The summed E-state index contributed by atoms with van der Waals surface area (Å²) in [4.78, 5) is 33.6. The minimum Gasteiger partial charge on any atom is -0.465 e. The maximum Gasteiger partial charge on any atom is 0.417 e. The highest BCUT2D eigenvalue weighted by molar-refractivity contribution is 6.30. The molecule has 0 radical (unpaired) electrons. The number of likely N-dealkylation sites (N-methyl/N-ethyl adjacent to an activating group) is 1. The van der Waals surface area contributed by atoms with Crippen LogP contribution in [0.2, 0.25) is 5.02 Å². The monoisotopic (exact) mass is 528 g/mol. The fourth-order valence-corrected chi connectivity index (χ4v) is 5.11. The van der Waals surface area contributed by atoms with Crippen molar-refractivity contribution in [1.82, 2.24) is 14.8 Å². The number of halogens is 5. The van der Waals surface area contributed by atoms with Crippen LogP contribution >= 0.6 is 11.6 Å². The van der Waals surface area contributed by atoms with Crippen molar-refractivity contribution in [1.29, 1.82) is 0 Å². The fourth-order valence-electron chi connectivity index (χ4n) is 4.93. The van der Waals surface area contributed by atoms with Gasteiger partial charge in [-0.2, -0.15) is 13.2 Å². The second-order valence-electron chi connectivity index (χ2n) is 9.15. The maximum atomic E-state index is 13.7. The number of benzene rings is 1. The fraction of sp³-hybridized carbons (Fsp3) is 0.458. The number of nitrogens with zero attached hydrogens (tertiary/aromatic N) is 4. The summed E-state index contributed by atoms with van der Waals surface area (Å²) in [6.45, 7) is 1.38. The Kier molecular flexibility index (Phi) is 7.31. The lowest BCUT2D eigenvalue weighted by Gasteiger charge is -2.34. The first kappa shape index (κ1) is 26.0. The van der Waals surface area contributed by atoms with Gasteiger partial charge in [-0.3, -0.25) is 4.79 Å². The van der Waals surface area contributed by atoms with Crippen LogP contribution in [-0.2, 0) is 11.0 Å². The van der Waals surface area contributed by atoms with E-state index in [-0.39, 0.29) is 35.9 Å². The van der Waals surface area contributed by atoms with Crippen molar-refractivity contribution in [3.05, 3.63) is 58.5 Å². The van der Waals surface area contributed by atoms with Gasteiger partial charge in [0.2, 0.25) is 5.91 Å². The van der Waals surface area contributed by atoms with Crippen LogP contribution < -0.4 is 4.90 Å². The highest BCUT2D eigenvalue weighted by atomic mass is 35.5. The van der Waals surface area contributed by atoms with Crippen LogP contribution in [0.3, 0.4) is 0 Å². The molecule has 0 unspecified atom stereocenters. The molecule has 2 atom stereocenters. The third kappa shape index (κ3) is 5.35. The molecule has 194 valence electrons. The summed E-state index contributed by atoms with van der Waals surface area (Å²) >= 11 is 5.95. The van der Waals surface area contributed by atoms with Gasteiger partial charge in [-0.25, -0.2) is 14.2 Å². The molecule has 1 aromatic heterocycles. The number of carbonyl (C=O) groups excluding carboxylic acids is 1. The number of likely N-dealkylation sites (tertiary alicyclic amines) is 1. The molecule has 1 aromatic carbocycles. The van der Waals surface area contributed by atoms with Gasteiger partial charge in [0, 0.05) is 51.3 Å². The van der Waals surface area contributed by atoms with E-state index in [0.29, 0.717) is 37.3 Å². The van der Waals surface area contributed by atoms with E-state index in [1.807, 2.05) is 4.90 Å². The van der Waals surface area contributed by atoms with E-state index in [2.05, 4.69) is 4.98 Å². The van der Waals surface area contributed by atoms with Gasteiger partial charge in [0.25, 0.3) is 0 Å². The number of anilines is 1. The average molecular weight is 529 g/mol. The molecule has 12 heteroatoms. The Balaban J connectivity index is 1.43. The first-order valence-electron chi connectivity index (χ1n) is 11.4. The molecule has 7 nitrogen and oxygen atoms in total. The third-order valence-electron chi connectivity index (χ3n) is 7.02. The predicted molar refractivity (Wildman–Crippen MR) is 124 cm³/mol. The van der Waals surface area contributed by atoms with Crippen molar-refractivity contribution >= 4 is 29.4 Å². The number of amides is 2. The van der Waals surface area contributed by atoms with Crippen molar-refractivity contribution in [3.63, 3.8) is 0 Å². The molecule has 36 heavy (non-hydrogen) atoms. The topological polar surface area (TPSA) is 77.0 Å². The van der Waals surface area contributed by atoms with Crippen LogP contribution in [0.5, 0.6) is 0 Å². The second-order valence-corrected chi connectivity index (χ2v) is 9.56. The van der Waals surface area contributed by atoms with Gasteiger partial charge in [0.15, 0.2) is 0 Å².